The van der Waals surface area contributed by atoms with Gasteiger partial charge in [-0.25, -0.2) is 4.79 Å². The third kappa shape index (κ3) is 6.40. The molecule has 0 aromatic carbocycles. The van der Waals surface area contributed by atoms with E-state index >= 15 is 0 Å². The van der Waals surface area contributed by atoms with Crippen LogP contribution in [0, 0.1) is 17.3 Å². The minimum Gasteiger partial charge on any atom is -0.477 e. The van der Waals surface area contributed by atoms with E-state index in [4.69, 9.17) is 9.47 Å². The maximum absolute atomic E-state index is 14.1. The molecule has 1 aromatic rings. The molecule has 0 unspecified atom stereocenters. The van der Waals surface area contributed by atoms with Gasteiger partial charge >= 0.3 is 5.97 Å². The van der Waals surface area contributed by atoms with Crippen LogP contribution < -0.4 is 4.90 Å². The van der Waals surface area contributed by atoms with Crippen LogP contribution >= 0.6 is 11.3 Å². The molecule has 6 nitrogen and oxygen atoms in total. The Morgan fingerprint density at radius 1 is 1.11 bits per heavy atom. The average Bonchev–Trinajstić information content (AvgIpc) is 3.29. The van der Waals surface area contributed by atoms with Gasteiger partial charge in [-0.2, -0.15) is 0 Å². The molecule has 2 saturated carbocycles. The van der Waals surface area contributed by atoms with Gasteiger partial charge in [-0.3, -0.25) is 4.79 Å². The first-order chi connectivity index (χ1) is 17.2. The molecule has 4 rings (SSSR count). The Labute approximate surface area is 220 Å². The number of carboxylic acid groups (broad SMARTS) is 1. The summed E-state index contributed by atoms with van der Waals surface area (Å²) in [5, 5.41) is 10.2. The second kappa shape index (κ2) is 11.8. The van der Waals surface area contributed by atoms with Crippen molar-refractivity contribution < 1.29 is 24.2 Å². The second-order valence-corrected chi connectivity index (χ2v) is 12.9. The van der Waals surface area contributed by atoms with E-state index in [2.05, 4.69) is 26.8 Å². The third-order valence-corrected chi connectivity index (χ3v) is 9.68. The van der Waals surface area contributed by atoms with Crippen LogP contribution in [0.3, 0.4) is 0 Å². The first-order valence-electron chi connectivity index (χ1n) is 13.7. The molecule has 0 atom stereocenters. The zero-order valence-corrected chi connectivity index (χ0v) is 23.2. The summed E-state index contributed by atoms with van der Waals surface area (Å²) in [6.45, 7) is 7.09. The minimum atomic E-state index is -0.940. The van der Waals surface area contributed by atoms with E-state index in [1.165, 1.54) is 16.9 Å². The smallest absolute Gasteiger partial charge is 0.348 e. The number of carboxylic acids is 1. The number of ether oxygens (including phenoxy) is 2. The molecular formula is C29H43NO5S. The van der Waals surface area contributed by atoms with Gasteiger partial charge in [-0.15, -0.1) is 11.3 Å². The molecule has 3 aliphatic carbocycles. The van der Waals surface area contributed by atoms with E-state index in [0.29, 0.717) is 16.5 Å². The fourth-order valence-corrected chi connectivity index (χ4v) is 7.06. The van der Waals surface area contributed by atoms with Gasteiger partial charge in [-0.1, -0.05) is 26.8 Å². The quantitative estimate of drug-likeness (QED) is 0.371. The molecular weight excluding hydrogens is 474 g/mol. The second-order valence-electron chi connectivity index (χ2n) is 11.9. The topological polar surface area (TPSA) is 76.1 Å². The van der Waals surface area contributed by atoms with Gasteiger partial charge in [-0.05, 0) is 93.6 Å². The van der Waals surface area contributed by atoms with Gasteiger partial charge in [0.2, 0.25) is 5.91 Å². The summed E-state index contributed by atoms with van der Waals surface area (Å²) in [6, 6.07) is 2.01. The summed E-state index contributed by atoms with van der Waals surface area (Å²) in [5.41, 5.74) is 2.12. The van der Waals surface area contributed by atoms with E-state index in [1.54, 1.807) is 7.11 Å². The fraction of sp³-hybridized carbons (Fsp3) is 0.724. The number of hydrogen-bond donors (Lipinski definition) is 1. The molecule has 1 amide bonds. The van der Waals surface area contributed by atoms with Gasteiger partial charge in [0.15, 0.2) is 0 Å². The van der Waals surface area contributed by atoms with Crippen molar-refractivity contribution in [2.24, 2.45) is 17.3 Å². The zero-order chi connectivity index (χ0) is 25.9. The Morgan fingerprint density at radius 2 is 1.81 bits per heavy atom. The molecule has 7 heteroatoms. The number of anilines is 1. The Morgan fingerprint density at radius 3 is 2.39 bits per heavy atom. The fourth-order valence-electron chi connectivity index (χ4n) is 6.01. The standard InChI is InChI=1S/C29H43NO5S/c1-19-5-7-21(8-6-19)27(31)30(22-9-11-23(12-10-22)35-18-34-4)24-17-25(36-26(24)28(32)33)20-13-15-29(2,3)16-14-20/h13,17,19,21-23H,5-12,14-16,18H2,1-4H3,(H,32,33)/t19-,21-,22-,23-. The maximum Gasteiger partial charge on any atom is 0.348 e. The van der Waals surface area contributed by atoms with Gasteiger partial charge in [0.05, 0.1) is 11.8 Å². The van der Waals surface area contributed by atoms with E-state index in [0.717, 1.165) is 75.5 Å². The van der Waals surface area contributed by atoms with Crippen molar-refractivity contribution in [2.75, 3.05) is 18.8 Å². The number of rotatable bonds is 8. The molecule has 36 heavy (non-hydrogen) atoms. The number of allylic oxidation sites excluding steroid dienone is 2. The number of aromatic carboxylic acids is 1. The normalized spacial score (nSPS) is 28.4. The Balaban J connectivity index is 1.64. The third-order valence-electron chi connectivity index (χ3n) is 8.49. The van der Waals surface area contributed by atoms with Crippen molar-refractivity contribution in [3.05, 3.63) is 21.9 Å². The van der Waals surface area contributed by atoms with E-state index in [-0.39, 0.29) is 36.2 Å². The Kier molecular flexibility index (Phi) is 8.95. The molecule has 2 fully saturated rings. The van der Waals surface area contributed by atoms with Crippen LogP contribution in [-0.4, -0.2) is 43.0 Å². The van der Waals surface area contributed by atoms with Crippen molar-refractivity contribution in [1.82, 2.24) is 0 Å². The highest BCUT2D eigenvalue weighted by Gasteiger charge is 2.38. The predicted octanol–water partition coefficient (Wildman–Crippen LogP) is 7.13. The highest BCUT2D eigenvalue weighted by atomic mass is 32.1. The van der Waals surface area contributed by atoms with Gasteiger partial charge in [0, 0.05) is 23.9 Å². The molecule has 0 radical (unpaired) electrons. The van der Waals surface area contributed by atoms with Gasteiger partial charge in [0.25, 0.3) is 0 Å². The summed E-state index contributed by atoms with van der Waals surface area (Å²) >= 11 is 1.34. The highest BCUT2D eigenvalue weighted by molar-refractivity contribution is 7.15. The molecule has 1 aromatic heterocycles. The molecule has 1 heterocycles. The molecule has 0 spiro atoms. The summed E-state index contributed by atoms with van der Waals surface area (Å²) in [4.78, 5) is 29.7. The van der Waals surface area contributed by atoms with Crippen molar-refractivity contribution in [1.29, 1.82) is 0 Å². The van der Waals surface area contributed by atoms with Crippen LogP contribution in [0.5, 0.6) is 0 Å². The van der Waals surface area contributed by atoms with Crippen LogP contribution in [0.1, 0.15) is 106 Å². The lowest BCUT2D eigenvalue weighted by molar-refractivity contribution is -0.124. The zero-order valence-electron chi connectivity index (χ0n) is 22.4. The molecule has 0 aliphatic heterocycles. The summed E-state index contributed by atoms with van der Waals surface area (Å²) in [5.74, 6) is -0.192. The number of hydrogen-bond acceptors (Lipinski definition) is 5. The Bertz CT molecular complexity index is 951. The number of thiophene rings is 1. The summed E-state index contributed by atoms with van der Waals surface area (Å²) in [6.07, 6.45) is 12.6. The van der Waals surface area contributed by atoms with Gasteiger partial charge < -0.3 is 19.5 Å². The van der Waals surface area contributed by atoms with E-state index in [1.807, 2.05) is 11.0 Å². The van der Waals surface area contributed by atoms with Crippen LogP contribution in [0.2, 0.25) is 0 Å². The predicted molar refractivity (Wildman–Crippen MR) is 145 cm³/mol. The number of amides is 1. The number of carbonyl (C=O) groups excluding carboxylic acids is 1. The lowest BCUT2D eigenvalue weighted by Crippen LogP contribution is -2.47. The monoisotopic (exact) mass is 517 g/mol. The average molecular weight is 518 g/mol. The molecule has 3 aliphatic rings. The van der Waals surface area contributed by atoms with Crippen molar-refractivity contribution in [3.8, 4) is 0 Å². The number of methoxy groups -OCH3 is 1. The lowest BCUT2D eigenvalue weighted by atomic mass is 9.78. The first kappa shape index (κ1) is 27.3. The summed E-state index contributed by atoms with van der Waals surface area (Å²) < 4.78 is 10.9. The van der Waals surface area contributed by atoms with Crippen LogP contribution in [-0.2, 0) is 14.3 Å². The number of carbonyl (C=O) groups is 2. The number of nitrogens with zero attached hydrogens (tertiary/aromatic N) is 1. The first-order valence-corrected chi connectivity index (χ1v) is 14.5. The summed E-state index contributed by atoms with van der Waals surface area (Å²) in [7, 11) is 1.63. The van der Waals surface area contributed by atoms with E-state index < -0.39 is 5.97 Å². The molecule has 0 bridgehead atoms. The van der Waals surface area contributed by atoms with Crippen LogP contribution in [0.15, 0.2) is 12.1 Å². The maximum atomic E-state index is 14.1. The molecule has 200 valence electrons. The lowest BCUT2D eigenvalue weighted by Gasteiger charge is -2.39. The minimum absolute atomic E-state index is 0.000867. The van der Waals surface area contributed by atoms with Crippen molar-refractivity contribution >= 4 is 34.5 Å². The van der Waals surface area contributed by atoms with E-state index in [9.17, 15) is 14.7 Å². The van der Waals surface area contributed by atoms with Gasteiger partial charge in [0.1, 0.15) is 11.7 Å². The molecule has 0 saturated heterocycles. The van der Waals surface area contributed by atoms with Crippen molar-refractivity contribution in [2.45, 2.75) is 104 Å². The van der Waals surface area contributed by atoms with Crippen LogP contribution in [0.4, 0.5) is 5.69 Å². The molecule has 1 N–H and O–H groups in total. The largest absolute Gasteiger partial charge is 0.477 e. The van der Waals surface area contributed by atoms with Crippen LogP contribution in [0.25, 0.3) is 5.57 Å². The Hall–Kier alpha value is -1.70. The highest BCUT2D eigenvalue weighted by Crippen LogP contribution is 2.44. The SMILES string of the molecule is COCO[C@H]1CC[C@H](N(c2cc(C3=CCC(C)(C)CC3)sc2C(=O)O)C(=O)[C@H]2CC[C@H](C)CC2)CC1. The van der Waals surface area contributed by atoms with Crippen molar-refractivity contribution in [3.63, 3.8) is 0 Å².